The van der Waals surface area contributed by atoms with Crippen molar-refractivity contribution in [1.29, 1.82) is 0 Å². The van der Waals surface area contributed by atoms with Gasteiger partial charge in [-0.15, -0.1) is 0 Å². The molecule has 1 aliphatic heterocycles. The molecule has 1 aliphatic rings. The van der Waals surface area contributed by atoms with Crippen LogP contribution in [0.5, 0.6) is 0 Å². The van der Waals surface area contributed by atoms with Gasteiger partial charge >= 0.3 is 0 Å². The minimum atomic E-state index is -0.154. The second-order valence-corrected chi connectivity index (χ2v) is 5.86. The van der Waals surface area contributed by atoms with Gasteiger partial charge < -0.3 is 20.6 Å². The van der Waals surface area contributed by atoms with Gasteiger partial charge in [-0.05, 0) is 45.1 Å². The van der Waals surface area contributed by atoms with Crippen LogP contribution in [0.15, 0.2) is 18.2 Å². The summed E-state index contributed by atoms with van der Waals surface area (Å²) < 4.78 is 0. The molecule has 5 nitrogen and oxygen atoms in total. The van der Waals surface area contributed by atoms with Crippen molar-refractivity contribution >= 4 is 23.2 Å². The normalized spacial score (nSPS) is 16.9. The third kappa shape index (κ3) is 3.67. The Morgan fingerprint density at radius 1 is 1.48 bits per heavy atom. The number of piperidine rings is 1. The molecule has 1 saturated heterocycles. The molecule has 0 bridgehead atoms. The summed E-state index contributed by atoms with van der Waals surface area (Å²) in [4.78, 5) is 16.7. The molecular weight excluding hydrogens is 290 g/mol. The molecule has 3 N–H and O–H groups in total. The number of para-hydroxylation sites is 1. The van der Waals surface area contributed by atoms with Crippen LogP contribution in [0.2, 0.25) is 5.02 Å². The number of rotatable bonds is 4. The van der Waals surface area contributed by atoms with Gasteiger partial charge in [-0.25, -0.2) is 0 Å². The molecule has 116 valence electrons. The van der Waals surface area contributed by atoms with Crippen LogP contribution in [-0.4, -0.2) is 60.1 Å². The molecule has 0 spiro atoms. The van der Waals surface area contributed by atoms with Gasteiger partial charge in [-0.3, -0.25) is 4.79 Å². The summed E-state index contributed by atoms with van der Waals surface area (Å²) >= 11 is 5.99. The highest BCUT2D eigenvalue weighted by atomic mass is 35.5. The molecule has 0 saturated carbocycles. The lowest BCUT2D eigenvalue weighted by molar-refractivity contribution is 0.0541. The molecule has 1 fully saturated rings. The minimum Gasteiger partial charge on any atom is -0.397 e. The van der Waals surface area contributed by atoms with Crippen molar-refractivity contribution in [3.8, 4) is 0 Å². The molecule has 0 unspecified atom stereocenters. The molecular formula is C15H22ClN3O2. The van der Waals surface area contributed by atoms with Crippen molar-refractivity contribution in [1.82, 2.24) is 9.80 Å². The second kappa shape index (κ2) is 7.11. The molecule has 1 amide bonds. The Bertz CT molecular complexity index is 502. The zero-order chi connectivity index (χ0) is 15.4. The van der Waals surface area contributed by atoms with Gasteiger partial charge in [0, 0.05) is 12.6 Å². The van der Waals surface area contributed by atoms with Gasteiger partial charge in [0.15, 0.2) is 0 Å². The van der Waals surface area contributed by atoms with E-state index in [2.05, 4.69) is 11.9 Å². The lowest BCUT2D eigenvalue weighted by Gasteiger charge is -2.37. The standard InChI is InChI=1S/C15H22ClN3O2/c1-18-7-5-11(6-8-18)19(9-10-20)15(21)12-3-2-4-13(16)14(12)17/h2-4,11,20H,5-10,17H2,1H3. The molecule has 0 atom stereocenters. The van der Waals surface area contributed by atoms with E-state index in [1.165, 1.54) is 0 Å². The van der Waals surface area contributed by atoms with Crippen LogP contribution in [0.25, 0.3) is 0 Å². The highest BCUT2D eigenvalue weighted by Gasteiger charge is 2.28. The number of nitrogens with two attached hydrogens (primary N) is 1. The van der Waals surface area contributed by atoms with Crippen LogP contribution in [0.1, 0.15) is 23.2 Å². The Labute approximate surface area is 130 Å². The molecule has 1 aromatic carbocycles. The first-order chi connectivity index (χ1) is 10.0. The van der Waals surface area contributed by atoms with Crippen molar-refractivity contribution in [2.24, 2.45) is 0 Å². The molecule has 2 rings (SSSR count). The fraction of sp³-hybridized carbons (Fsp3) is 0.533. The van der Waals surface area contributed by atoms with E-state index < -0.39 is 0 Å². The molecule has 0 radical (unpaired) electrons. The highest BCUT2D eigenvalue weighted by Crippen LogP contribution is 2.25. The maximum Gasteiger partial charge on any atom is 0.256 e. The lowest BCUT2D eigenvalue weighted by Crippen LogP contribution is -2.47. The number of halogens is 1. The summed E-state index contributed by atoms with van der Waals surface area (Å²) in [5, 5.41) is 9.66. The number of likely N-dealkylation sites (tertiary alicyclic amines) is 1. The van der Waals surface area contributed by atoms with E-state index in [4.69, 9.17) is 17.3 Å². The average Bonchev–Trinajstić information content (AvgIpc) is 2.48. The van der Waals surface area contributed by atoms with Gasteiger partial charge in [0.2, 0.25) is 0 Å². The van der Waals surface area contributed by atoms with Crippen molar-refractivity contribution in [3.05, 3.63) is 28.8 Å². The summed E-state index contributed by atoms with van der Waals surface area (Å²) in [7, 11) is 2.07. The molecule has 0 aromatic heterocycles. The predicted octanol–water partition coefficient (Wildman–Crippen LogP) is 1.45. The number of hydrogen-bond donors (Lipinski definition) is 2. The number of aliphatic hydroxyl groups excluding tert-OH is 1. The largest absolute Gasteiger partial charge is 0.397 e. The maximum absolute atomic E-state index is 12.8. The quantitative estimate of drug-likeness (QED) is 0.826. The molecule has 1 heterocycles. The topological polar surface area (TPSA) is 69.8 Å². The van der Waals surface area contributed by atoms with Gasteiger partial charge in [-0.1, -0.05) is 17.7 Å². The van der Waals surface area contributed by atoms with E-state index in [1.807, 2.05) is 0 Å². The Balaban J connectivity index is 2.21. The average molecular weight is 312 g/mol. The predicted molar refractivity (Wildman–Crippen MR) is 84.5 cm³/mol. The fourth-order valence-corrected chi connectivity index (χ4v) is 2.92. The minimum absolute atomic E-state index is 0.0570. The van der Waals surface area contributed by atoms with E-state index >= 15 is 0 Å². The van der Waals surface area contributed by atoms with Gasteiger partial charge in [0.05, 0.1) is 22.9 Å². The third-order valence-corrected chi connectivity index (χ3v) is 4.34. The summed E-state index contributed by atoms with van der Waals surface area (Å²) in [6.45, 7) is 2.16. The number of aliphatic hydroxyl groups is 1. The van der Waals surface area contributed by atoms with E-state index in [9.17, 15) is 9.90 Å². The van der Waals surface area contributed by atoms with Crippen molar-refractivity contribution < 1.29 is 9.90 Å². The van der Waals surface area contributed by atoms with Gasteiger partial charge in [0.1, 0.15) is 0 Å². The summed E-state index contributed by atoms with van der Waals surface area (Å²) in [5.41, 5.74) is 6.64. The van der Waals surface area contributed by atoms with Gasteiger partial charge in [-0.2, -0.15) is 0 Å². The highest BCUT2D eigenvalue weighted by molar-refractivity contribution is 6.33. The Kier molecular flexibility index (Phi) is 5.45. The Hall–Kier alpha value is -1.30. The zero-order valence-electron chi connectivity index (χ0n) is 12.3. The van der Waals surface area contributed by atoms with E-state index in [0.29, 0.717) is 22.8 Å². The Morgan fingerprint density at radius 3 is 2.76 bits per heavy atom. The number of carbonyl (C=O) groups excluding carboxylic acids is 1. The van der Waals surface area contributed by atoms with Crippen molar-refractivity contribution in [2.75, 3.05) is 39.0 Å². The number of nitrogen functional groups attached to an aromatic ring is 1. The number of benzene rings is 1. The van der Waals surface area contributed by atoms with Crippen molar-refractivity contribution in [2.45, 2.75) is 18.9 Å². The molecule has 21 heavy (non-hydrogen) atoms. The van der Waals surface area contributed by atoms with E-state index in [0.717, 1.165) is 25.9 Å². The smallest absolute Gasteiger partial charge is 0.256 e. The SMILES string of the molecule is CN1CCC(N(CCO)C(=O)c2cccc(Cl)c2N)CC1. The van der Waals surface area contributed by atoms with E-state index in [1.54, 1.807) is 23.1 Å². The van der Waals surface area contributed by atoms with Crippen molar-refractivity contribution in [3.63, 3.8) is 0 Å². The summed E-state index contributed by atoms with van der Waals surface area (Å²) in [6.07, 6.45) is 1.81. The zero-order valence-corrected chi connectivity index (χ0v) is 13.0. The first-order valence-electron chi connectivity index (χ1n) is 7.19. The third-order valence-electron chi connectivity index (χ3n) is 4.01. The van der Waals surface area contributed by atoms with Crippen LogP contribution in [0.4, 0.5) is 5.69 Å². The van der Waals surface area contributed by atoms with Crippen LogP contribution in [-0.2, 0) is 0 Å². The first kappa shape index (κ1) is 16.1. The summed E-state index contributed by atoms with van der Waals surface area (Å²) in [6, 6.07) is 5.21. The monoisotopic (exact) mass is 311 g/mol. The van der Waals surface area contributed by atoms with Crippen LogP contribution >= 0.6 is 11.6 Å². The molecule has 6 heteroatoms. The number of hydrogen-bond acceptors (Lipinski definition) is 4. The van der Waals surface area contributed by atoms with Gasteiger partial charge in [0.25, 0.3) is 5.91 Å². The van der Waals surface area contributed by atoms with Crippen LogP contribution < -0.4 is 5.73 Å². The number of carbonyl (C=O) groups is 1. The number of nitrogens with zero attached hydrogens (tertiary/aromatic N) is 2. The van der Waals surface area contributed by atoms with Crippen LogP contribution in [0, 0.1) is 0 Å². The van der Waals surface area contributed by atoms with Crippen LogP contribution in [0.3, 0.4) is 0 Å². The fourth-order valence-electron chi connectivity index (χ4n) is 2.74. The summed E-state index contributed by atoms with van der Waals surface area (Å²) in [5.74, 6) is -0.154. The lowest BCUT2D eigenvalue weighted by atomic mass is 10.0. The molecule has 0 aliphatic carbocycles. The van der Waals surface area contributed by atoms with E-state index in [-0.39, 0.29) is 18.6 Å². The molecule has 1 aromatic rings. The number of amides is 1. The Morgan fingerprint density at radius 2 is 2.14 bits per heavy atom. The first-order valence-corrected chi connectivity index (χ1v) is 7.56. The maximum atomic E-state index is 12.8. The second-order valence-electron chi connectivity index (χ2n) is 5.46. The number of anilines is 1.